The molecule has 0 aromatic heterocycles. The van der Waals surface area contributed by atoms with Gasteiger partial charge >= 0.3 is 75.7 Å². The zero-order chi connectivity index (χ0) is 8.16. The molecule has 0 unspecified atom stereocenters. The van der Waals surface area contributed by atoms with Gasteiger partial charge in [0, 0.05) is 0 Å². The molecular formula is C10H22Sn. The minimum absolute atomic E-state index is 1.19. The Balaban J connectivity index is 2.08. The second-order valence-electron chi connectivity index (χ2n) is 4.21. The molecule has 0 N–H and O–H groups in total. The van der Waals surface area contributed by atoms with E-state index in [1.807, 2.05) is 0 Å². The third-order valence-electron chi connectivity index (χ3n) is 3.08. The van der Waals surface area contributed by atoms with Gasteiger partial charge in [0.05, 0.1) is 0 Å². The molecule has 0 saturated carbocycles. The number of rotatable bonds is 6. The van der Waals surface area contributed by atoms with Gasteiger partial charge in [-0.05, 0) is 0 Å². The fourth-order valence-electron chi connectivity index (χ4n) is 1.91. The summed E-state index contributed by atoms with van der Waals surface area (Å²) in [5, 5.41) is 0. The Morgan fingerprint density at radius 3 is 1.64 bits per heavy atom. The van der Waals surface area contributed by atoms with Crippen LogP contribution in [0.5, 0.6) is 0 Å². The fourth-order valence-corrected chi connectivity index (χ4v) is 19.6. The summed E-state index contributed by atoms with van der Waals surface area (Å²) in [6, 6.07) is 0. The van der Waals surface area contributed by atoms with Crippen molar-refractivity contribution >= 4 is 18.4 Å². The topological polar surface area (TPSA) is 0 Å². The van der Waals surface area contributed by atoms with Crippen molar-refractivity contribution in [1.82, 2.24) is 0 Å². The molecule has 0 amide bonds. The number of hydrogen-bond donors (Lipinski definition) is 0. The molecule has 1 rings (SSSR count). The SMILES string of the molecule is CCC[CH2][Sn]1([CH2]CCC)[CH2][CH2]1. The van der Waals surface area contributed by atoms with Gasteiger partial charge in [0.15, 0.2) is 0 Å². The molecule has 1 saturated heterocycles. The van der Waals surface area contributed by atoms with Crippen molar-refractivity contribution in [3.05, 3.63) is 0 Å². The van der Waals surface area contributed by atoms with E-state index in [-0.39, 0.29) is 0 Å². The van der Waals surface area contributed by atoms with Gasteiger partial charge in [0.2, 0.25) is 0 Å². The van der Waals surface area contributed by atoms with Crippen LogP contribution in [0.2, 0.25) is 17.7 Å². The van der Waals surface area contributed by atoms with E-state index in [1.54, 1.807) is 30.6 Å². The molecule has 1 aliphatic heterocycles. The maximum absolute atomic E-state index is 2.34. The first-order chi connectivity index (χ1) is 5.33. The molecule has 1 heterocycles. The van der Waals surface area contributed by atoms with E-state index in [0.29, 0.717) is 0 Å². The monoisotopic (exact) mass is 262 g/mol. The Bertz CT molecular complexity index is 95.4. The van der Waals surface area contributed by atoms with Gasteiger partial charge in [-0.25, -0.2) is 0 Å². The Kier molecular flexibility index (Phi) is 4.25. The first-order valence-corrected chi connectivity index (χ1v) is 13.4. The summed E-state index contributed by atoms with van der Waals surface area (Å²) < 4.78 is 6.94. The number of unbranched alkanes of at least 4 members (excludes halogenated alkanes) is 2. The molecule has 1 aliphatic rings. The molecule has 0 aliphatic carbocycles. The molecule has 1 fully saturated rings. The molecule has 1 heteroatoms. The molecule has 0 spiro atoms. The van der Waals surface area contributed by atoms with Gasteiger partial charge in [-0.1, -0.05) is 0 Å². The normalized spacial score (nSPS) is 20.2. The van der Waals surface area contributed by atoms with Crippen LogP contribution in [0, 0.1) is 0 Å². The Morgan fingerprint density at radius 2 is 1.36 bits per heavy atom. The van der Waals surface area contributed by atoms with Crippen molar-refractivity contribution in [3.63, 3.8) is 0 Å². The summed E-state index contributed by atoms with van der Waals surface area (Å²) in [5.74, 6) is 0. The van der Waals surface area contributed by atoms with Gasteiger partial charge in [-0.15, -0.1) is 0 Å². The summed E-state index contributed by atoms with van der Waals surface area (Å²) in [4.78, 5) is 0. The van der Waals surface area contributed by atoms with Gasteiger partial charge in [0.25, 0.3) is 0 Å². The summed E-state index contributed by atoms with van der Waals surface area (Å²) in [6.07, 6.45) is 5.98. The van der Waals surface area contributed by atoms with E-state index in [0.717, 1.165) is 0 Å². The summed E-state index contributed by atoms with van der Waals surface area (Å²) in [6.45, 7) is 4.67. The van der Waals surface area contributed by atoms with Crippen LogP contribution in [0.15, 0.2) is 0 Å². The molecule has 0 aromatic rings. The van der Waals surface area contributed by atoms with Crippen molar-refractivity contribution in [2.45, 2.75) is 57.3 Å². The van der Waals surface area contributed by atoms with Crippen molar-refractivity contribution in [3.8, 4) is 0 Å². The molecule has 0 aromatic carbocycles. The number of hydrogen-bond acceptors (Lipinski definition) is 0. The van der Waals surface area contributed by atoms with Gasteiger partial charge < -0.3 is 0 Å². The average Bonchev–Trinajstić information content (AvgIpc) is 2.79. The van der Waals surface area contributed by atoms with Gasteiger partial charge in [0.1, 0.15) is 0 Å². The maximum atomic E-state index is 2.34. The third-order valence-corrected chi connectivity index (χ3v) is 16.6. The van der Waals surface area contributed by atoms with E-state index in [2.05, 4.69) is 13.8 Å². The van der Waals surface area contributed by atoms with Crippen LogP contribution in [0.4, 0.5) is 0 Å². The second-order valence-corrected chi connectivity index (χ2v) is 18.5. The standard InChI is InChI=1S/2C4H9.C2H4.Sn/c2*1-3-4-2;1-2;/h2*1,3-4H2,2H3;1-2H2;. The van der Waals surface area contributed by atoms with Crippen LogP contribution in [0.3, 0.4) is 0 Å². The molecule has 0 radical (unpaired) electrons. The zero-order valence-corrected chi connectivity index (χ0v) is 11.0. The molecular weight excluding hydrogens is 239 g/mol. The average molecular weight is 261 g/mol. The van der Waals surface area contributed by atoms with E-state index >= 15 is 0 Å². The Morgan fingerprint density at radius 1 is 0.909 bits per heavy atom. The van der Waals surface area contributed by atoms with Gasteiger partial charge in [-0.3, -0.25) is 0 Å². The molecule has 0 nitrogen and oxygen atoms in total. The molecule has 66 valence electrons. The van der Waals surface area contributed by atoms with Crippen LogP contribution in [0.1, 0.15) is 39.5 Å². The van der Waals surface area contributed by atoms with Crippen LogP contribution in [-0.4, -0.2) is 18.4 Å². The first-order valence-electron chi connectivity index (χ1n) is 5.33. The van der Waals surface area contributed by atoms with Crippen LogP contribution in [0.25, 0.3) is 0 Å². The predicted octanol–water partition coefficient (Wildman–Crippen LogP) is 4.05. The Labute approximate surface area is 75.6 Å². The van der Waals surface area contributed by atoms with Crippen LogP contribution >= 0.6 is 0 Å². The second kappa shape index (κ2) is 4.73. The minimum atomic E-state index is -1.19. The van der Waals surface area contributed by atoms with Crippen molar-refractivity contribution in [1.29, 1.82) is 0 Å². The fraction of sp³-hybridized carbons (Fsp3) is 1.00. The van der Waals surface area contributed by atoms with E-state index in [1.165, 1.54) is 12.8 Å². The predicted molar refractivity (Wildman–Crippen MR) is 54.8 cm³/mol. The Hall–Kier alpha value is 0.799. The molecule has 0 bridgehead atoms. The van der Waals surface area contributed by atoms with Crippen molar-refractivity contribution in [2.75, 3.05) is 0 Å². The molecule has 0 atom stereocenters. The third kappa shape index (κ3) is 3.35. The summed E-state index contributed by atoms with van der Waals surface area (Å²) in [5.41, 5.74) is 0. The molecule has 11 heavy (non-hydrogen) atoms. The van der Waals surface area contributed by atoms with Crippen LogP contribution < -0.4 is 0 Å². The van der Waals surface area contributed by atoms with Crippen molar-refractivity contribution in [2.24, 2.45) is 0 Å². The van der Waals surface area contributed by atoms with E-state index in [4.69, 9.17) is 0 Å². The van der Waals surface area contributed by atoms with E-state index in [9.17, 15) is 0 Å². The van der Waals surface area contributed by atoms with Crippen LogP contribution in [-0.2, 0) is 0 Å². The van der Waals surface area contributed by atoms with Crippen molar-refractivity contribution < 1.29 is 0 Å². The summed E-state index contributed by atoms with van der Waals surface area (Å²) >= 11 is -1.19. The zero-order valence-electron chi connectivity index (χ0n) is 8.16. The first kappa shape index (κ1) is 9.88. The summed E-state index contributed by atoms with van der Waals surface area (Å²) in [7, 11) is 0. The quantitative estimate of drug-likeness (QED) is 0.632. The van der Waals surface area contributed by atoms with E-state index < -0.39 is 18.4 Å². The van der Waals surface area contributed by atoms with Gasteiger partial charge in [-0.2, -0.15) is 0 Å².